The number of nitrogens with zero attached hydrogens (tertiary/aromatic N) is 1. The van der Waals surface area contributed by atoms with E-state index < -0.39 is 0 Å². The van der Waals surface area contributed by atoms with Gasteiger partial charge in [-0.25, -0.2) is 10.9 Å². The highest BCUT2D eigenvalue weighted by Crippen LogP contribution is 2.51. The van der Waals surface area contributed by atoms with Gasteiger partial charge in [0.2, 0.25) is 0 Å². The molecular formula is C25H28N4O3. The van der Waals surface area contributed by atoms with E-state index >= 15 is 0 Å². The highest BCUT2D eigenvalue weighted by atomic mass is 16.6. The Morgan fingerprint density at radius 3 is 2.50 bits per heavy atom. The molecule has 2 aliphatic heterocycles. The summed E-state index contributed by atoms with van der Waals surface area (Å²) in [4.78, 5) is 24.4. The molecule has 0 saturated carbocycles. The van der Waals surface area contributed by atoms with Gasteiger partial charge in [-0.2, -0.15) is 0 Å². The average molecular weight is 433 g/mol. The molecule has 2 heterocycles. The Hall–Kier alpha value is -3.03. The smallest absolute Gasteiger partial charge is 0.269 e. The molecule has 7 nitrogen and oxygen atoms in total. The van der Waals surface area contributed by atoms with Gasteiger partial charge in [-0.05, 0) is 29.9 Å². The molecule has 7 heteroatoms. The Balaban J connectivity index is 1.64. The summed E-state index contributed by atoms with van der Waals surface area (Å²) in [5.74, 6) is 0.0632. The fourth-order valence-corrected chi connectivity index (χ4v) is 5.59. The van der Waals surface area contributed by atoms with Gasteiger partial charge in [0.25, 0.3) is 5.69 Å². The van der Waals surface area contributed by atoms with E-state index in [4.69, 9.17) is 0 Å². The Kier molecular flexibility index (Phi) is 4.91. The van der Waals surface area contributed by atoms with Gasteiger partial charge < -0.3 is 5.32 Å². The number of nitro benzene ring substituents is 1. The minimum atomic E-state index is -0.368. The summed E-state index contributed by atoms with van der Waals surface area (Å²) in [6, 6.07) is 15.0. The Bertz CT molecular complexity index is 1120. The number of fused-ring (bicyclic) bond motifs is 1. The summed E-state index contributed by atoms with van der Waals surface area (Å²) in [7, 11) is 0. The number of carbonyl (C=O) groups is 1. The standard InChI is InChI=1S/C25H28N4O3/c1-14-7-9-15(10-8-14)20-21-18(12-25(2,3)13-19(21)30)26-24-22(20)23(27-28-24)16-5-4-6-17(11-16)29(31)32/h4-11,20,22-24,26-28H,12-13H2,1-3H3. The zero-order valence-electron chi connectivity index (χ0n) is 18.5. The second-order valence-electron chi connectivity index (χ2n) is 10.0. The molecule has 166 valence electrons. The summed E-state index contributed by atoms with van der Waals surface area (Å²) < 4.78 is 0. The molecule has 0 spiro atoms. The first-order chi connectivity index (χ1) is 15.2. The predicted molar refractivity (Wildman–Crippen MR) is 121 cm³/mol. The van der Waals surface area contributed by atoms with Crippen molar-refractivity contribution in [2.75, 3.05) is 0 Å². The van der Waals surface area contributed by atoms with Gasteiger partial charge in [0.15, 0.2) is 5.78 Å². The van der Waals surface area contributed by atoms with E-state index in [1.54, 1.807) is 12.1 Å². The fourth-order valence-electron chi connectivity index (χ4n) is 5.59. The number of benzene rings is 2. The van der Waals surface area contributed by atoms with Crippen molar-refractivity contribution >= 4 is 11.5 Å². The molecule has 0 aromatic heterocycles. The first-order valence-electron chi connectivity index (χ1n) is 11.1. The number of carbonyl (C=O) groups excluding carboxylic acids is 1. The van der Waals surface area contributed by atoms with Crippen molar-refractivity contribution in [1.29, 1.82) is 0 Å². The molecule has 32 heavy (non-hydrogen) atoms. The molecule has 5 rings (SSSR count). The molecule has 4 atom stereocenters. The van der Waals surface area contributed by atoms with Gasteiger partial charge in [-0.3, -0.25) is 14.9 Å². The molecule has 0 amide bonds. The largest absolute Gasteiger partial charge is 0.371 e. The van der Waals surface area contributed by atoms with Crippen LogP contribution in [0.3, 0.4) is 0 Å². The summed E-state index contributed by atoms with van der Waals surface area (Å²) >= 11 is 0. The van der Waals surface area contributed by atoms with E-state index in [2.05, 4.69) is 61.2 Å². The van der Waals surface area contributed by atoms with Crippen molar-refractivity contribution in [3.05, 3.63) is 86.6 Å². The lowest BCUT2D eigenvalue weighted by molar-refractivity contribution is -0.384. The lowest BCUT2D eigenvalue weighted by atomic mass is 9.65. The van der Waals surface area contributed by atoms with Crippen LogP contribution in [0, 0.1) is 28.4 Å². The quantitative estimate of drug-likeness (QED) is 0.501. The van der Waals surface area contributed by atoms with Crippen molar-refractivity contribution < 1.29 is 9.72 Å². The number of nitrogens with one attached hydrogen (secondary N) is 3. The first-order valence-corrected chi connectivity index (χ1v) is 11.1. The monoisotopic (exact) mass is 432 g/mol. The number of nitro groups is 1. The van der Waals surface area contributed by atoms with Crippen molar-refractivity contribution in [3.8, 4) is 0 Å². The topological polar surface area (TPSA) is 96.3 Å². The van der Waals surface area contributed by atoms with Crippen LogP contribution < -0.4 is 16.2 Å². The van der Waals surface area contributed by atoms with E-state index in [9.17, 15) is 14.9 Å². The van der Waals surface area contributed by atoms with Crippen LogP contribution in [0.5, 0.6) is 0 Å². The van der Waals surface area contributed by atoms with Crippen LogP contribution in [0.15, 0.2) is 59.8 Å². The van der Waals surface area contributed by atoms with E-state index in [1.807, 2.05) is 6.07 Å². The van der Waals surface area contributed by atoms with Crippen LogP contribution in [0.25, 0.3) is 0 Å². The first kappa shape index (κ1) is 20.8. The van der Waals surface area contributed by atoms with Crippen LogP contribution in [-0.4, -0.2) is 16.9 Å². The fraction of sp³-hybridized carbons (Fsp3) is 0.400. The molecule has 3 aliphatic rings. The van der Waals surface area contributed by atoms with Crippen molar-refractivity contribution in [2.24, 2.45) is 11.3 Å². The van der Waals surface area contributed by atoms with Crippen LogP contribution in [-0.2, 0) is 4.79 Å². The highest BCUT2D eigenvalue weighted by Gasteiger charge is 2.51. The molecule has 1 saturated heterocycles. The summed E-state index contributed by atoms with van der Waals surface area (Å²) in [6.07, 6.45) is 1.25. The normalized spacial score (nSPS) is 28.7. The summed E-state index contributed by atoms with van der Waals surface area (Å²) in [6.45, 7) is 6.32. The lowest BCUT2D eigenvalue weighted by Crippen LogP contribution is -2.51. The average Bonchev–Trinajstić information content (AvgIpc) is 3.15. The number of hydrazine groups is 1. The number of non-ortho nitro benzene ring substituents is 1. The second kappa shape index (κ2) is 7.53. The number of ketones is 1. The van der Waals surface area contributed by atoms with Crippen LogP contribution in [0.1, 0.15) is 55.3 Å². The number of allylic oxidation sites excluding steroid dienone is 2. The molecule has 2 aromatic carbocycles. The number of hydrogen-bond acceptors (Lipinski definition) is 6. The SMILES string of the molecule is Cc1ccc(C2C3=C(CC(C)(C)CC3=O)NC3NNC(c4cccc([N+](=O)[O-])c4)C32)cc1. The Morgan fingerprint density at radius 2 is 1.78 bits per heavy atom. The number of aryl methyl sites for hydroxylation is 1. The van der Waals surface area contributed by atoms with Crippen LogP contribution in [0.2, 0.25) is 0 Å². The van der Waals surface area contributed by atoms with Gasteiger partial charge in [0.1, 0.15) is 0 Å². The zero-order valence-corrected chi connectivity index (χ0v) is 18.5. The number of Topliss-reactive ketones (excluding diaryl/α,β-unsaturated/α-hetero) is 1. The van der Waals surface area contributed by atoms with Crippen LogP contribution >= 0.6 is 0 Å². The lowest BCUT2D eigenvalue weighted by Gasteiger charge is -2.44. The summed E-state index contributed by atoms with van der Waals surface area (Å²) in [5.41, 5.74) is 11.7. The number of rotatable bonds is 3. The molecular weight excluding hydrogens is 404 g/mol. The minimum absolute atomic E-state index is 0.0244. The molecule has 0 bridgehead atoms. The number of hydrogen-bond donors (Lipinski definition) is 3. The molecule has 1 fully saturated rings. The van der Waals surface area contributed by atoms with Gasteiger partial charge in [-0.15, -0.1) is 0 Å². The van der Waals surface area contributed by atoms with Crippen molar-refractivity contribution in [3.63, 3.8) is 0 Å². The second-order valence-corrected chi connectivity index (χ2v) is 10.0. The van der Waals surface area contributed by atoms with Gasteiger partial charge in [0, 0.05) is 41.7 Å². The molecule has 3 N–H and O–H groups in total. The highest BCUT2D eigenvalue weighted by molar-refractivity contribution is 5.99. The minimum Gasteiger partial charge on any atom is -0.371 e. The van der Waals surface area contributed by atoms with E-state index in [1.165, 1.54) is 11.6 Å². The third kappa shape index (κ3) is 3.51. The van der Waals surface area contributed by atoms with Crippen molar-refractivity contribution in [1.82, 2.24) is 16.2 Å². The van der Waals surface area contributed by atoms with E-state index in [-0.39, 0.29) is 45.9 Å². The Labute approximate surface area is 187 Å². The van der Waals surface area contributed by atoms with E-state index in [0.717, 1.165) is 28.8 Å². The molecule has 4 unspecified atom stereocenters. The molecule has 1 aliphatic carbocycles. The van der Waals surface area contributed by atoms with E-state index in [0.29, 0.717) is 6.42 Å². The summed E-state index contributed by atoms with van der Waals surface area (Å²) in [5, 5.41) is 15.0. The maximum Gasteiger partial charge on any atom is 0.269 e. The zero-order chi connectivity index (χ0) is 22.6. The predicted octanol–water partition coefficient (Wildman–Crippen LogP) is 4.02. The van der Waals surface area contributed by atoms with Gasteiger partial charge in [-0.1, -0.05) is 55.8 Å². The van der Waals surface area contributed by atoms with Crippen LogP contribution in [0.4, 0.5) is 5.69 Å². The third-order valence-corrected chi connectivity index (χ3v) is 6.99. The Morgan fingerprint density at radius 1 is 1.03 bits per heavy atom. The molecule has 2 aromatic rings. The van der Waals surface area contributed by atoms with Gasteiger partial charge in [0.05, 0.1) is 17.1 Å². The van der Waals surface area contributed by atoms with Crippen molar-refractivity contribution in [2.45, 2.75) is 51.7 Å². The third-order valence-electron chi connectivity index (χ3n) is 6.99. The molecule has 0 radical (unpaired) electrons. The van der Waals surface area contributed by atoms with Gasteiger partial charge >= 0.3 is 0 Å². The maximum atomic E-state index is 13.4. The maximum absolute atomic E-state index is 13.4.